The number of H-pyrrole nitrogens is 1. The third-order valence-corrected chi connectivity index (χ3v) is 4.26. The van der Waals surface area contributed by atoms with Crippen molar-refractivity contribution in [1.29, 1.82) is 0 Å². The first-order valence-corrected chi connectivity index (χ1v) is 7.02. The molecule has 2 heteroatoms. The Morgan fingerprint density at radius 1 is 1.32 bits per heavy atom. The molecule has 0 fully saturated rings. The van der Waals surface area contributed by atoms with Crippen LogP contribution in [-0.4, -0.2) is 10.8 Å². The monoisotopic (exact) mass is 257 g/mol. The molecule has 1 unspecified atom stereocenters. The number of rotatable bonds is 5. The van der Waals surface area contributed by atoms with Gasteiger partial charge in [-0.15, -0.1) is 0 Å². The summed E-state index contributed by atoms with van der Waals surface area (Å²) in [6.45, 7) is 7.99. The standard InChI is InChI=1S/C17H23NO/c1-5-13(10-17(3,4)12(2)19)15-11-18-16-9-7-6-8-14(15)16/h6-9,11,13,18H,5,10H2,1-4H3. The van der Waals surface area contributed by atoms with Crippen molar-refractivity contribution < 1.29 is 4.79 Å². The molecular formula is C17H23NO. The second-order valence-electron chi connectivity index (χ2n) is 6.04. The lowest BCUT2D eigenvalue weighted by atomic mass is 9.76. The van der Waals surface area contributed by atoms with Gasteiger partial charge < -0.3 is 4.98 Å². The molecule has 102 valence electrons. The minimum absolute atomic E-state index is 0.251. The van der Waals surface area contributed by atoms with Crippen molar-refractivity contribution in [2.75, 3.05) is 0 Å². The number of ketones is 1. The van der Waals surface area contributed by atoms with E-state index in [1.54, 1.807) is 6.92 Å². The Bertz CT molecular complexity index is 580. The van der Waals surface area contributed by atoms with Crippen LogP contribution in [0.5, 0.6) is 0 Å². The van der Waals surface area contributed by atoms with Crippen molar-refractivity contribution in [3.05, 3.63) is 36.0 Å². The fourth-order valence-electron chi connectivity index (χ4n) is 2.67. The Morgan fingerprint density at radius 3 is 2.63 bits per heavy atom. The summed E-state index contributed by atoms with van der Waals surface area (Å²) < 4.78 is 0. The Morgan fingerprint density at radius 2 is 2.00 bits per heavy atom. The number of hydrogen-bond acceptors (Lipinski definition) is 1. The van der Waals surface area contributed by atoms with E-state index < -0.39 is 0 Å². The van der Waals surface area contributed by atoms with Crippen LogP contribution in [0, 0.1) is 5.41 Å². The summed E-state index contributed by atoms with van der Waals surface area (Å²) in [4.78, 5) is 15.1. The van der Waals surface area contributed by atoms with Crippen molar-refractivity contribution in [3.63, 3.8) is 0 Å². The van der Waals surface area contributed by atoms with Crippen LogP contribution in [0.2, 0.25) is 0 Å². The van der Waals surface area contributed by atoms with Gasteiger partial charge in [-0.25, -0.2) is 0 Å². The largest absolute Gasteiger partial charge is 0.361 e. The number of carbonyl (C=O) groups is 1. The zero-order chi connectivity index (χ0) is 14.0. The molecule has 2 nitrogen and oxygen atoms in total. The Hall–Kier alpha value is -1.57. The lowest BCUT2D eigenvalue weighted by molar-refractivity contribution is -0.125. The van der Waals surface area contributed by atoms with Gasteiger partial charge in [0.25, 0.3) is 0 Å². The normalized spacial score (nSPS) is 13.7. The van der Waals surface area contributed by atoms with Gasteiger partial charge in [0.15, 0.2) is 0 Å². The van der Waals surface area contributed by atoms with Crippen molar-refractivity contribution in [2.24, 2.45) is 5.41 Å². The van der Waals surface area contributed by atoms with Crippen LogP contribution in [0.3, 0.4) is 0 Å². The van der Waals surface area contributed by atoms with Gasteiger partial charge >= 0.3 is 0 Å². The second kappa shape index (κ2) is 5.20. The topological polar surface area (TPSA) is 32.9 Å². The number of nitrogens with one attached hydrogen (secondary N) is 1. The SMILES string of the molecule is CCC(CC(C)(C)C(C)=O)c1c[nH]c2ccccc12. The van der Waals surface area contributed by atoms with Crippen LogP contribution in [0.1, 0.15) is 52.0 Å². The van der Waals surface area contributed by atoms with Crippen LogP contribution in [0.15, 0.2) is 30.5 Å². The average molecular weight is 257 g/mol. The van der Waals surface area contributed by atoms with Crippen molar-refractivity contribution in [3.8, 4) is 0 Å². The lowest BCUT2D eigenvalue weighted by Gasteiger charge is -2.26. The molecule has 0 spiro atoms. The number of fused-ring (bicyclic) bond motifs is 1. The van der Waals surface area contributed by atoms with E-state index in [2.05, 4.69) is 36.3 Å². The highest BCUT2D eigenvalue weighted by Gasteiger charge is 2.28. The maximum atomic E-state index is 11.7. The van der Waals surface area contributed by atoms with E-state index in [9.17, 15) is 4.79 Å². The first-order valence-electron chi connectivity index (χ1n) is 7.02. The molecule has 2 rings (SSSR count). The van der Waals surface area contributed by atoms with E-state index in [1.165, 1.54) is 16.5 Å². The van der Waals surface area contributed by atoms with Crippen molar-refractivity contribution in [2.45, 2.75) is 46.5 Å². The molecule has 0 amide bonds. The summed E-state index contributed by atoms with van der Waals surface area (Å²) in [6.07, 6.45) is 4.06. The number of hydrogen-bond donors (Lipinski definition) is 1. The Labute approximate surface area is 115 Å². The summed E-state index contributed by atoms with van der Waals surface area (Å²) in [5.41, 5.74) is 2.27. The van der Waals surface area contributed by atoms with Crippen molar-refractivity contribution in [1.82, 2.24) is 4.98 Å². The number of para-hydroxylation sites is 1. The van der Waals surface area contributed by atoms with E-state index in [-0.39, 0.29) is 11.2 Å². The van der Waals surface area contributed by atoms with Gasteiger partial charge in [0.1, 0.15) is 5.78 Å². The third-order valence-electron chi connectivity index (χ3n) is 4.26. The molecule has 1 N–H and O–H groups in total. The molecule has 0 aliphatic carbocycles. The van der Waals surface area contributed by atoms with Gasteiger partial charge in [0.2, 0.25) is 0 Å². The molecule has 1 aromatic carbocycles. The fourth-order valence-corrected chi connectivity index (χ4v) is 2.67. The predicted octanol–water partition coefficient (Wildman–Crippen LogP) is 4.67. The molecule has 19 heavy (non-hydrogen) atoms. The van der Waals surface area contributed by atoms with Crippen molar-refractivity contribution >= 4 is 16.7 Å². The Kier molecular flexibility index (Phi) is 3.79. The van der Waals surface area contributed by atoms with Crippen LogP contribution < -0.4 is 0 Å². The molecule has 1 aromatic heterocycles. The maximum absolute atomic E-state index is 11.7. The van der Waals surface area contributed by atoms with Crippen LogP contribution in [-0.2, 0) is 4.79 Å². The van der Waals surface area contributed by atoms with Crippen LogP contribution in [0.25, 0.3) is 10.9 Å². The first-order chi connectivity index (χ1) is 8.95. The summed E-state index contributed by atoms with van der Waals surface area (Å²) in [6, 6.07) is 8.37. The minimum atomic E-state index is -0.251. The van der Waals surface area contributed by atoms with E-state index in [0.717, 1.165) is 12.8 Å². The maximum Gasteiger partial charge on any atom is 0.135 e. The zero-order valence-corrected chi connectivity index (χ0v) is 12.3. The van der Waals surface area contributed by atoms with E-state index in [0.29, 0.717) is 5.92 Å². The van der Waals surface area contributed by atoms with Crippen LogP contribution >= 0.6 is 0 Å². The molecular weight excluding hydrogens is 234 g/mol. The number of aromatic nitrogens is 1. The number of aromatic amines is 1. The molecule has 0 saturated heterocycles. The van der Waals surface area contributed by atoms with Gasteiger partial charge in [0, 0.05) is 22.5 Å². The predicted molar refractivity (Wildman–Crippen MR) is 80.4 cm³/mol. The highest BCUT2D eigenvalue weighted by Crippen LogP contribution is 2.37. The number of Topliss-reactive ketones (excluding diaryl/α,β-unsaturated/α-hetero) is 1. The quantitative estimate of drug-likeness (QED) is 0.829. The molecule has 1 heterocycles. The van der Waals surface area contributed by atoms with Gasteiger partial charge in [-0.3, -0.25) is 4.79 Å². The van der Waals surface area contributed by atoms with E-state index in [4.69, 9.17) is 0 Å². The highest BCUT2D eigenvalue weighted by atomic mass is 16.1. The fraction of sp³-hybridized carbons (Fsp3) is 0.471. The van der Waals surface area contributed by atoms with Gasteiger partial charge in [-0.1, -0.05) is 39.0 Å². The summed E-state index contributed by atoms with van der Waals surface area (Å²) in [5.74, 6) is 0.695. The van der Waals surface area contributed by atoms with Crippen LogP contribution in [0.4, 0.5) is 0 Å². The van der Waals surface area contributed by atoms with Gasteiger partial charge in [-0.2, -0.15) is 0 Å². The summed E-state index contributed by atoms with van der Waals surface area (Å²) in [5, 5.41) is 1.29. The second-order valence-corrected chi connectivity index (χ2v) is 6.04. The molecule has 0 radical (unpaired) electrons. The lowest BCUT2D eigenvalue weighted by Crippen LogP contribution is -2.24. The molecule has 1 atom stereocenters. The Balaban J connectivity index is 2.35. The third kappa shape index (κ3) is 2.73. The van der Waals surface area contributed by atoms with Gasteiger partial charge in [-0.05, 0) is 37.3 Å². The van der Waals surface area contributed by atoms with E-state index >= 15 is 0 Å². The molecule has 2 aromatic rings. The average Bonchev–Trinajstić information content (AvgIpc) is 2.79. The zero-order valence-electron chi connectivity index (χ0n) is 12.3. The van der Waals surface area contributed by atoms with Gasteiger partial charge in [0.05, 0.1) is 0 Å². The molecule has 0 saturated carbocycles. The minimum Gasteiger partial charge on any atom is -0.361 e. The molecule has 0 aliphatic heterocycles. The summed E-state index contributed by atoms with van der Waals surface area (Å²) in [7, 11) is 0. The molecule has 0 bridgehead atoms. The first kappa shape index (κ1) is 13.9. The highest BCUT2D eigenvalue weighted by molar-refractivity contribution is 5.84. The smallest absolute Gasteiger partial charge is 0.135 e. The number of benzene rings is 1. The van der Waals surface area contributed by atoms with E-state index in [1.807, 2.05) is 19.9 Å². The summed E-state index contributed by atoms with van der Waals surface area (Å²) >= 11 is 0. The number of carbonyl (C=O) groups excluding carboxylic acids is 1. The molecule has 0 aliphatic rings.